The lowest BCUT2D eigenvalue weighted by atomic mass is 10.0. The molecule has 28 heavy (non-hydrogen) atoms. The number of methoxy groups -OCH3 is 1. The molecule has 0 saturated carbocycles. The highest BCUT2D eigenvalue weighted by molar-refractivity contribution is 5.78. The second-order valence-corrected chi connectivity index (χ2v) is 6.45. The number of hydrogen-bond acceptors (Lipinski definition) is 5. The summed E-state index contributed by atoms with van der Waals surface area (Å²) < 4.78 is 29.5. The molecule has 2 heterocycles. The Morgan fingerprint density at radius 1 is 1.18 bits per heavy atom. The third-order valence-electron chi connectivity index (χ3n) is 4.72. The van der Waals surface area contributed by atoms with Crippen LogP contribution in [0.4, 0.5) is 4.39 Å². The van der Waals surface area contributed by atoms with Crippen molar-refractivity contribution in [3.05, 3.63) is 65.6 Å². The number of aromatic nitrogens is 1. The van der Waals surface area contributed by atoms with Crippen molar-refractivity contribution in [3.63, 3.8) is 0 Å². The first-order valence-electron chi connectivity index (χ1n) is 8.92. The largest absolute Gasteiger partial charge is 0.493 e. The Balaban J connectivity index is 1.43. The van der Waals surface area contributed by atoms with Gasteiger partial charge in [-0.25, -0.2) is 4.39 Å². The first kappa shape index (κ1) is 18.0. The minimum absolute atomic E-state index is 0.0849. The second kappa shape index (κ2) is 7.72. The summed E-state index contributed by atoms with van der Waals surface area (Å²) in [6, 6.07) is 13.3. The van der Waals surface area contributed by atoms with Crippen LogP contribution in [-0.4, -0.2) is 36.2 Å². The van der Waals surface area contributed by atoms with Gasteiger partial charge in [0.2, 0.25) is 0 Å². The highest BCUT2D eigenvalue weighted by Gasteiger charge is 2.27. The van der Waals surface area contributed by atoms with Crippen LogP contribution in [0.15, 0.2) is 53.1 Å². The lowest BCUT2D eigenvalue weighted by molar-refractivity contribution is -0.134. The smallest absolute Gasteiger partial charge is 0.260 e. The van der Waals surface area contributed by atoms with Gasteiger partial charge in [-0.1, -0.05) is 17.3 Å². The summed E-state index contributed by atoms with van der Waals surface area (Å²) in [6.07, 6.45) is 0.617. The number of rotatable bonds is 5. The van der Waals surface area contributed by atoms with E-state index in [0.29, 0.717) is 36.8 Å². The third kappa shape index (κ3) is 3.55. The Labute approximate surface area is 161 Å². The maximum atomic E-state index is 13.1. The topological polar surface area (TPSA) is 64.8 Å². The number of carbonyl (C=O) groups excluding carboxylic acids is 1. The molecule has 0 spiro atoms. The van der Waals surface area contributed by atoms with Crippen molar-refractivity contribution in [1.29, 1.82) is 0 Å². The van der Waals surface area contributed by atoms with Crippen molar-refractivity contribution >= 4 is 5.91 Å². The van der Waals surface area contributed by atoms with Crippen LogP contribution in [0.2, 0.25) is 0 Å². The first-order chi connectivity index (χ1) is 13.7. The van der Waals surface area contributed by atoms with Crippen molar-refractivity contribution in [2.45, 2.75) is 13.0 Å². The average Bonchev–Trinajstić information content (AvgIpc) is 3.16. The Bertz CT molecular complexity index is 984. The van der Waals surface area contributed by atoms with E-state index in [4.69, 9.17) is 14.0 Å². The SMILES string of the molecule is COc1ccccc1OCC(=O)N1CCc2c(noc2-c2ccc(F)cc2)C1. The van der Waals surface area contributed by atoms with E-state index in [1.165, 1.54) is 12.1 Å². The zero-order chi connectivity index (χ0) is 19.5. The van der Waals surface area contributed by atoms with E-state index in [1.54, 1.807) is 36.3 Å². The number of benzene rings is 2. The van der Waals surface area contributed by atoms with Crippen molar-refractivity contribution < 1.29 is 23.2 Å². The van der Waals surface area contributed by atoms with Crippen molar-refractivity contribution in [2.24, 2.45) is 0 Å². The fraction of sp³-hybridized carbons (Fsp3) is 0.238. The normalized spacial score (nSPS) is 13.1. The quantitative estimate of drug-likeness (QED) is 0.676. The Morgan fingerprint density at radius 2 is 1.93 bits per heavy atom. The van der Waals surface area contributed by atoms with Gasteiger partial charge in [-0.2, -0.15) is 0 Å². The van der Waals surface area contributed by atoms with E-state index in [-0.39, 0.29) is 18.3 Å². The van der Waals surface area contributed by atoms with E-state index >= 15 is 0 Å². The van der Waals surface area contributed by atoms with Crippen LogP contribution in [-0.2, 0) is 17.8 Å². The number of para-hydroxylation sites is 2. The van der Waals surface area contributed by atoms with Crippen LogP contribution in [0.25, 0.3) is 11.3 Å². The van der Waals surface area contributed by atoms with Crippen LogP contribution >= 0.6 is 0 Å². The molecule has 0 saturated heterocycles. The molecule has 6 nitrogen and oxygen atoms in total. The van der Waals surface area contributed by atoms with Crippen LogP contribution in [0.5, 0.6) is 11.5 Å². The second-order valence-electron chi connectivity index (χ2n) is 6.45. The predicted octanol–water partition coefficient (Wildman–Crippen LogP) is 3.45. The number of ether oxygens (including phenoxy) is 2. The molecule has 7 heteroatoms. The molecule has 3 aromatic rings. The summed E-state index contributed by atoms with van der Waals surface area (Å²) in [5.74, 6) is 1.30. The molecule has 1 aliphatic heterocycles. The lowest BCUT2D eigenvalue weighted by Crippen LogP contribution is -2.38. The molecule has 1 amide bonds. The van der Waals surface area contributed by atoms with Crippen molar-refractivity contribution in [2.75, 3.05) is 20.3 Å². The maximum absolute atomic E-state index is 13.1. The summed E-state index contributed by atoms with van der Waals surface area (Å²) in [7, 11) is 1.56. The van der Waals surface area contributed by atoms with Gasteiger partial charge >= 0.3 is 0 Å². The molecule has 0 radical (unpaired) electrons. The Morgan fingerprint density at radius 3 is 2.68 bits per heavy atom. The van der Waals surface area contributed by atoms with Crippen LogP contribution in [0.3, 0.4) is 0 Å². The molecule has 2 aromatic carbocycles. The number of nitrogens with zero attached hydrogens (tertiary/aromatic N) is 2. The van der Waals surface area contributed by atoms with Gasteiger partial charge in [0.05, 0.1) is 13.7 Å². The number of fused-ring (bicyclic) bond motifs is 1. The van der Waals surface area contributed by atoms with Gasteiger partial charge in [0.25, 0.3) is 5.91 Å². The van der Waals surface area contributed by atoms with Gasteiger partial charge in [-0.3, -0.25) is 4.79 Å². The molecular formula is C21H19FN2O4. The predicted molar refractivity (Wildman–Crippen MR) is 99.5 cm³/mol. The Hall–Kier alpha value is -3.35. The number of carbonyl (C=O) groups is 1. The summed E-state index contributed by atoms with van der Waals surface area (Å²) >= 11 is 0. The average molecular weight is 382 g/mol. The summed E-state index contributed by atoms with van der Waals surface area (Å²) in [5, 5.41) is 4.11. The van der Waals surface area contributed by atoms with Gasteiger partial charge in [0.1, 0.15) is 11.5 Å². The highest BCUT2D eigenvalue weighted by atomic mass is 19.1. The lowest BCUT2D eigenvalue weighted by Gasteiger charge is -2.26. The zero-order valence-electron chi connectivity index (χ0n) is 15.4. The summed E-state index contributed by atoms with van der Waals surface area (Å²) in [4.78, 5) is 14.2. The highest BCUT2D eigenvalue weighted by Crippen LogP contribution is 2.31. The minimum Gasteiger partial charge on any atom is -0.493 e. The molecule has 0 fully saturated rings. The van der Waals surface area contributed by atoms with Crippen molar-refractivity contribution in [3.8, 4) is 22.8 Å². The van der Waals surface area contributed by atoms with Gasteiger partial charge < -0.3 is 18.9 Å². The number of amides is 1. The molecule has 0 aliphatic carbocycles. The van der Waals surface area contributed by atoms with Crippen LogP contribution in [0.1, 0.15) is 11.3 Å². The first-order valence-corrected chi connectivity index (χ1v) is 8.92. The molecule has 0 unspecified atom stereocenters. The van der Waals surface area contributed by atoms with E-state index in [0.717, 1.165) is 16.8 Å². The van der Waals surface area contributed by atoms with Gasteiger partial charge in [-0.05, 0) is 42.8 Å². The molecule has 0 N–H and O–H groups in total. The van der Waals surface area contributed by atoms with Crippen LogP contribution < -0.4 is 9.47 Å². The van der Waals surface area contributed by atoms with Gasteiger partial charge in [0.15, 0.2) is 23.9 Å². The summed E-state index contributed by atoms with van der Waals surface area (Å²) in [6.45, 7) is 0.809. The molecular weight excluding hydrogens is 363 g/mol. The number of hydrogen-bond donors (Lipinski definition) is 0. The zero-order valence-corrected chi connectivity index (χ0v) is 15.4. The maximum Gasteiger partial charge on any atom is 0.260 e. The molecule has 0 atom stereocenters. The standard InChI is InChI=1S/C21H19FN2O4/c1-26-18-4-2-3-5-19(18)27-13-20(25)24-11-10-16-17(12-24)23-28-21(16)14-6-8-15(22)9-7-14/h2-9H,10-13H2,1H3. The minimum atomic E-state index is -0.302. The van der Waals surface area contributed by atoms with Gasteiger partial charge in [0, 0.05) is 17.7 Å². The molecule has 1 aliphatic rings. The Kier molecular flexibility index (Phi) is 4.97. The van der Waals surface area contributed by atoms with E-state index < -0.39 is 0 Å². The molecule has 144 valence electrons. The third-order valence-corrected chi connectivity index (χ3v) is 4.72. The van der Waals surface area contributed by atoms with E-state index in [2.05, 4.69) is 5.16 Å². The van der Waals surface area contributed by atoms with Crippen molar-refractivity contribution in [1.82, 2.24) is 10.1 Å². The fourth-order valence-corrected chi connectivity index (χ4v) is 3.24. The van der Waals surface area contributed by atoms with E-state index in [1.807, 2.05) is 12.1 Å². The monoisotopic (exact) mass is 382 g/mol. The fourth-order valence-electron chi connectivity index (χ4n) is 3.24. The van der Waals surface area contributed by atoms with Gasteiger partial charge in [-0.15, -0.1) is 0 Å². The van der Waals surface area contributed by atoms with Crippen LogP contribution in [0, 0.1) is 5.82 Å². The van der Waals surface area contributed by atoms with E-state index in [9.17, 15) is 9.18 Å². The molecule has 4 rings (SSSR count). The number of halogens is 1. The molecule has 1 aromatic heterocycles. The molecule has 0 bridgehead atoms. The summed E-state index contributed by atoms with van der Waals surface area (Å²) in [5.41, 5.74) is 2.45.